The number of anilines is 2. The summed E-state index contributed by atoms with van der Waals surface area (Å²) in [6.45, 7) is 1.79. The minimum absolute atomic E-state index is 0.178. The van der Waals surface area contributed by atoms with E-state index in [0.29, 0.717) is 36.0 Å². The van der Waals surface area contributed by atoms with Crippen LogP contribution in [-0.4, -0.2) is 45.3 Å². The molecule has 1 N–H and O–H groups in total. The number of carbonyl (C=O) groups excluding carboxylic acids is 2. The molecule has 0 radical (unpaired) electrons. The molecule has 1 amide bonds. The maximum absolute atomic E-state index is 13.5. The number of amides is 1. The van der Waals surface area contributed by atoms with Crippen LogP contribution in [0.4, 0.5) is 10.3 Å². The molecule has 13 heteroatoms. The van der Waals surface area contributed by atoms with Gasteiger partial charge in [-0.2, -0.15) is 0 Å². The Balaban J connectivity index is 0.906. The van der Waals surface area contributed by atoms with Crippen molar-refractivity contribution >= 4 is 92.8 Å². The second kappa shape index (κ2) is 13.7. The van der Waals surface area contributed by atoms with Crippen LogP contribution in [0.2, 0.25) is 0 Å². The number of halogens is 1. The first-order valence-corrected chi connectivity index (χ1v) is 18.9. The van der Waals surface area contributed by atoms with E-state index >= 15 is 0 Å². The van der Waals surface area contributed by atoms with Crippen molar-refractivity contribution in [1.29, 1.82) is 0 Å². The number of nitrogens with zero attached hydrogens (tertiary/aromatic N) is 5. The molecule has 5 heterocycles. The number of rotatable bonds is 10. The highest BCUT2D eigenvalue weighted by atomic mass is 79.9. The van der Waals surface area contributed by atoms with Crippen molar-refractivity contribution in [3.8, 4) is 17.0 Å². The minimum Gasteiger partial charge on any atom is -0.494 e. The Morgan fingerprint density at radius 2 is 1.90 bits per heavy atom. The third-order valence-electron chi connectivity index (χ3n) is 8.40. The number of carbonyl (C=O) groups is 2. The van der Waals surface area contributed by atoms with Crippen molar-refractivity contribution in [3.05, 3.63) is 110 Å². The van der Waals surface area contributed by atoms with Gasteiger partial charge in [-0.05, 0) is 88.8 Å². The van der Waals surface area contributed by atoms with E-state index in [1.165, 1.54) is 22.7 Å². The van der Waals surface area contributed by atoms with Crippen LogP contribution in [0.25, 0.3) is 31.7 Å². The van der Waals surface area contributed by atoms with Gasteiger partial charge >= 0.3 is 0 Å². The molecule has 1 aliphatic heterocycles. The largest absolute Gasteiger partial charge is 0.494 e. The van der Waals surface area contributed by atoms with Crippen molar-refractivity contribution in [1.82, 2.24) is 19.9 Å². The number of aldehydes is 1. The predicted molar refractivity (Wildman–Crippen MR) is 201 cm³/mol. The Bertz CT molecular complexity index is 2300. The highest BCUT2D eigenvalue weighted by Crippen LogP contribution is 2.36. The molecule has 8 rings (SSSR count). The molecule has 0 bridgehead atoms. The van der Waals surface area contributed by atoms with E-state index in [2.05, 4.69) is 47.2 Å². The molecule has 0 fully saturated rings. The quantitative estimate of drug-likeness (QED) is 0.109. The average Bonchev–Trinajstić information content (AvgIpc) is 3.86. The van der Waals surface area contributed by atoms with Gasteiger partial charge in [0.1, 0.15) is 22.6 Å². The summed E-state index contributed by atoms with van der Waals surface area (Å²) >= 11 is 8.19. The van der Waals surface area contributed by atoms with Gasteiger partial charge in [0.25, 0.3) is 5.91 Å². The molecule has 0 unspecified atom stereocenters. The van der Waals surface area contributed by atoms with E-state index in [1.807, 2.05) is 66.0 Å². The lowest BCUT2D eigenvalue weighted by atomic mass is 9.94. The topological polar surface area (TPSA) is 110 Å². The highest BCUT2D eigenvalue weighted by molar-refractivity contribution is 9.10. The molecule has 244 valence electrons. The first-order valence-electron chi connectivity index (χ1n) is 15.6. The lowest BCUT2D eigenvalue weighted by Gasteiger charge is -2.29. The summed E-state index contributed by atoms with van der Waals surface area (Å²) in [4.78, 5) is 47.7. The number of para-hydroxylation sites is 1. The van der Waals surface area contributed by atoms with Crippen molar-refractivity contribution < 1.29 is 14.3 Å². The molecule has 0 saturated carbocycles. The maximum Gasteiger partial charge on any atom is 0.257 e. The summed E-state index contributed by atoms with van der Waals surface area (Å²) in [5, 5.41) is 7.41. The Morgan fingerprint density at radius 3 is 2.76 bits per heavy atom. The minimum atomic E-state index is -0.178. The van der Waals surface area contributed by atoms with E-state index in [0.717, 1.165) is 88.7 Å². The lowest BCUT2D eigenvalue weighted by Crippen LogP contribution is -2.32. The van der Waals surface area contributed by atoms with Crippen LogP contribution in [0.1, 0.15) is 43.3 Å². The molecule has 0 atom stereocenters. The third kappa shape index (κ3) is 6.46. The zero-order valence-corrected chi connectivity index (χ0v) is 29.9. The molecular weight excluding hydrogens is 741 g/mol. The molecule has 0 saturated heterocycles. The Morgan fingerprint density at radius 1 is 1.02 bits per heavy atom. The summed E-state index contributed by atoms with van der Waals surface area (Å²) in [7, 11) is 0. The zero-order valence-electron chi connectivity index (χ0n) is 25.9. The number of aromatic nitrogens is 4. The number of thiazole rings is 2. The fraction of sp³-hybridized carbons (Fsp3) is 0.167. The molecule has 3 aromatic carbocycles. The second-order valence-electron chi connectivity index (χ2n) is 11.4. The molecule has 4 aromatic heterocycles. The monoisotopic (exact) mass is 766 g/mol. The van der Waals surface area contributed by atoms with Crippen molar-refractivity contribution in [2.24, 2.45) is 0 Å². The molecule has 7 aromatic rings. The molecule has 1 aliphatic rings. The van der Waals surface area contributed by atoms with Gasteiger partial charge in [0.15, 0.2) is 16.5 Å². The average molecular weight is 768 g/mol. The van der Waals surface area contributed by atoms with Gasteiger partial charge in [0.05, 0.1) is 27.9 Å². The molecular formula is C36H27BrN6O3S3. The fourth-order valence-electron chi connectivity index (χ4n) is 6.00. The summed E-state index contributed by atoms with van der Waals surface area (Å²) < 4.78 is 8.06. The molecule has 0 aliphatic carbocycles. The van der Waals surface area contributed by atoms with Crippen LogP contribution in [0.15, 0.2) is 82.9 Å². The summed E-state index contributed by atoms with van der Waals surface area (Å²) in [6, 6.07) is 21.6. The van der Waals surface area contributed by atoms with E-state index < -0.39 is 0 Å². The predicted octanol–water partition coefficient (Wildman–Crippen LogP) is 8.83. The number of hydrogen-bond acceptors (Lipinski definition) is 11. The van der Waals surface area contributed by atoms with Gasteiger partial charge in [-0.25, -0.2) is 19.9 Å². The highest BCUT2D eigenvalue weighted by Gasteiger charge is 2.25. The van der Waals surface area contributed by atoms with Crippen LogP contribution >= 0.6 is 49.9 Å². The number of fused-ring (bicyclic) bond motifs is 3. The number of thiophene rings is 1. The van der Waals surface area contributed by atoms with Crippen LogP contribution < -0.4 is 15.0 Å². The van der Waals surface area contributed by atoms with E-state index in [4.69, 9.17) is 9.72 Å². The van der Waals surface area contributed by atoms with Crippen molar-refractivity contribution in [2.45, 2.75) is 25.8 Å². The number of aryl methyl sites for hydroxylation is 1. The van der Waals surface area contributed by atoms with Crippen molar-refractivity contribution in [2.75, 3.05) is 23.4 Å². The number of benzene rings is 3. The van der Waals surface area contributed by atoms with E-state index in [1.54, 1.807) is 17.7 Å². The van der Waals surface area contributed by atoms with Crippen molar-refractivity contribution in [3.63, 3.8) is 0 Å². The molecule has 0 spiro atoms. The second-order valence-corrected chi connectivity index (χ2v) is 15.2. The first-order chi connectivity index (χ1) is 24.0. The Kier molecular flexibility index (Phi) is 8.89. The van der Waals surface area contributed by atoms with Crippen LogP contribution in [0.3, 0.4) is 0 Å². The maximum atomic E-state index is 13.5. The summed E-state index contributed by atoms with van der Waals surface area (Å²) in [5.74, 6) is 0.594. The standard InChI is InChI=1S/C36H27BrN6O3S3/c37-26-19-47-34-31(26)32(38-20-39-34)22-10-12-23(13-11-22)46-16-4-9-30-28(18-44)41-36(49-30)43-15-14-21-5-3-6-24(25(21)17-43)33(45)42-35-40-27-7-1-2-8-29(27)48-35/h1-3,5-8,10-13,18-20H,4,9,14-17H2,(H,40,42,45). The smallest absolute Gasteiger partial charge is 0.257 e. The molecule has 9 nitrogen and oxygen atoms in total. The van der Waals surface area contributed by atoms with Crippen LogP contribution in [-0.2, 0) is 19.4 Å². The number of hydrogen-bond donors (Lipinski definition) is 1. The summed E-state index contributed by atoms with van der Waals surface area (Å²) in [6.07, 6.45) is 4.62. The van der Waals surface area contributed by atoms with E-state index in [-0.39, 0.29) is 5.91 Å². The fourth-order valence-corrected chi connectivity index (χ4v) is 9.50. The van der Waals surface area contributed by atoms with Gasteiger partial charge in [-0.1, -0.05) is 35.6 Å². The number of nitrogens with one attached hydrogen (secondary N) is 1. The van der Waals surface area contributed by atoms with Gasteiger partial charge in [-0.15, -0.1) is 22.7 Å². The normalized spacial score (nSPS) is 12.7. The summed E-state index contributed by atoms with van der Waals surface area (Å²) in [5.41, 5.74) is 5.96. The van der Waals surface area contributed by atoms with Crippen LogP contribution in [0, 0.1) is 0 Å². The zero-order chi connectivity index (χ0) is 33.3. The first kappa shape index (κ1) is 31.7. The lowest BCUT2D eigenvalue weighted by molar-refractivity contribution is 0.102. The number of ether oxygens (including phenoxy) is 1. The van der Waals surface area contributed by atoms with Gasteiger partial charge in [0.2, 0.25) is 0 Å². The third-order valence-corrected chi connectivity index (χ3v) is 12.4. The van der Waals surface area contributed by atoms with E-state index in [9.17, 15) is 9.59 Å². The van der Waals surface area contributed by atoms with Gasteiger partial charge in [0, 0.05) is 38.9 Å². The SMILES string of the molecule is O=Cc1nc(N2CCc3cccc(C(=O)Nc4nc5ccccc5s4)c3C2)sc1CCCOc1ccc(-c2ncnc3scc(Br)c23)cc1. The van der Waals surface area contributed by atoms with Gasteiger partial charge < -0.3 is 9.64 Å². The van der Waals surface area contributed by atoms with Crippen LogP contribution in [0.5, 0.6) is 5.75 Å². The Hall–Kier alpha value is -4.56. The van der Waals surface area contributed by atoms with Gasteiger partial charge in [-0.3, -0.25) is 14.9 Å². The molecule has 49 heavy (non-hydrogen) atoms. The Labute approximate surface area is 301 Å².